The maximum atomic E-state index is 5.97. The Morgan fingerprint density at radius 2 is 2.00 bits per heavy atom. The van der Waals surface area contributed by atoms with Crippen LogP contribution < -0.4 is 10.5 Å². The van der Waals surface area contributed by atoms with Gasteiger partial charge >= 0.3 is 0 Å². The lowest BCUT2D eigenvalue weighted by Gasteiger charge is -2.20. The van der Waals surface area contributed by atoms with Gasteiger partial charge in [-0.1, -0.05) is 12.1 Å². The summed E-state index contributed by atoms with van der Waals surface area (Å²) in [4.78, 5) is 0. The second-order valence-corrected chi connectivity index (χ2v) is 4.48. The van der Waals surface area contributed by atoms with Crippen molar-refractivity contribution >= 4 is 0 Å². The van der Waals surface area contributed by atoms with Gasteiger partial charge in [-0.2, -0.15) is 0 Å². The molecule has 0 aliphatic heterocycles. The van der Waals surface area contributed by atoms with Crippen LogP contribution >= 0.6 is 0 Å². The van der Waals surface area contributed by atoms with E-state index in [-0.39, 0.29) is 5.54 Å². The first kappa shape index (κ1) is 11.1. The highest BCUT2D eigenvalue weighted by molar-refractivity contribution is 5.38. The Hall–Kier alpha value is -1.02. The molecule has 2 N–H and O–H groups in total. The molecule has 0 spiro atoms. The fraction of sp³-hybridized carbons (Fsp3) is 0.500. The molecule has 0 bridgehead atoms. The molecule has 0 saturated heterocycles. The second kappa shape index (κ2) is 4.01. The van der Waals surface area contributed by atoms with E-state index in [2.05, 4.69) is 19.1 Å². The lowest BCUT2D eigenvalue weighted by atomic mass is 9.95. The van der Waals surface area contributed by atoms with Gasteiger partial charge in [-0.05, 0) is 44.4 Å². The Morgan fingerprint density at radius 3 is 2.50 bits per heavy atom. The number of methoxy groups -OCH3 is 1. The molecule has 0 amide bonds. The minimum Gasteiger partial charge on any atom is -0.496 e. The fourth-order valence-corrected chi connectivity index (χ4v) is 1.49. The maximum absolute atomic E-state index is 5.97. The average molecular weight is 193 g/mol. The summed E-state index contributed by atoms with van der Waals surface area (Å²) in [6.07, 6.45) is 0.830. The molecule has 78 valence electrons. The number of hydrogen-bond acceptors (Lipinski definition) is 2. The van der Waals surface area contributed by atoms with Gasteiger partial charge in [-0.3, -0.25) is 0 Å². The highest BCUT2D eigenvalue weighted by Crippen LogP contribution is 2.23. The van der Waals surface area contributed by atoms with Crippen LogP contribution in [0.3, 0.4) is 0 Å². The molecule has 0 radical (unpaired) electrons. The van der Waals surface area contributed by atoms with Gasteiger partial charge in [0.2, 0.25) is 0 Å². The van der Waals surface area contributed by atoms with Crippen molar-refractivity contribution in [3.63, 3.8) is 0 Å². The van der Waals surface area contributed by atoms with Crippen molar-refractivity contribution in [3.05, 3.63) is 29.3 Å². The minimum atomic E-state index is -0.192. The van der Waals surface area contributed by atoms with E-state index in [1.165, 1.54) is 11.1 Å². The summed E-state index contributed by atoms with van der Waals surface area (Å²) in [7, 11) is 1.70. The lowest BCUT2D eigenvalue weighted by molar-refractivity contribution is 0.402. The molecule has 1 aromatic rings. The molecule has 0 aromatic heterocycles. The molecule has 0 heterocycles. The van der Waals surface area contributed by atoms with Crippen LogP contribution in [-0.2, 0) is 6.42 Å². The van der Waals surface area contributed by atoms with Crippen LogP contribution in [0.5, 0.6) is 5.75 Å². The van der Waals surface area contributed by atoms with Crippen LogP contribution in [0.1, 0.15) is 25.0 Å². The zero-order valence-corrected chi connectivity index (χ0v) is 9.42. The first-order valence-corrected chi connectivity index (χ1v) is 4.85. The van der Waals surface area contributed by atoms with Gasteiger partial charge in [0.05, 0.1) is 7.11 Å². The van der Waals surface area contributed by atoms with E-state index in [1.807, 2.05) is 19.9 Å². The van der Waals surface area contributed by atoms with E-state index in [0.29, 0.717) is 0 Å². The summed E-state index contributed by atoms with van der Waals surface area (Å²) in [5, 5.41) is 0. The first-order valence-electron chi connectivity index (χ1n) is 4.85. The van der Waals surface area contributed by atoms with Crippen LogP contribution in [0.4, 0.5) is 0 Å². The van der Waals surface area contributed by atoms with Crippen molar-refractivity contribution in [2.24, 2.45) is 5.73 Å². The third-order valence-electron chi connectivity index (χ3n) is 2.09. The topological polar surface area (TPSA) is 35.2 Å². The second-order valence-electron chi connectivity index (χ2n) is 4.48. The normalized spacial score (nSPS) is 11.5. The van der Waals surface area contributed by atoms with Crippen LogP contribution in [0.2, 0.25) is 0 Å². The first-order chi connectivity index (χ1) is 6.42. The molecule has 1 rings (SSSR count). The Morgan fingerprint density at radius 1 is 1.36 bits per heavy atom. The lowest BCUT2D eigenvalue weighted by Crippen LogP contribution is -2.34. The van der Waals surface area contributed by atoms with Gasteiger partial charge in [-0.25, -0.2) is 0 Å². The Bertz CT molecular complexity index is 313. The van der Waals surface area contributed by atoms with Crippen molar-refractivity contribution in [3.8, 4) is 5.75 Å². The summed E-state index contributed by atoms with van der Waals surface area (Å²) >= 11 is 0. The molecule has 0 saturated carbocycles. The van der Waals surface area contributed by atoms with E-state index >= 15 is 0 Å². The molecule has 1 aromatic carbocycles. The SMILES string of the molecule is COc1cc(C)ccc1CC(C)(C)N. The molecule has 0 atom stereocenters. The Labute approximate surface area is 86.1 Å². The number of aryl methyl sites for hydroxylation is 1. The van der Waals surface area contributed by atoms with Gasteiger partial charge in [0.15, 0.2) is 0 Å². The van der Waals surface area contributed by atoms with E-state index in [1.54, 1.807) is 7.11 Å². The summed E-state index contributed by atoms with van der Waals surface area (Å²) in [5.74, 6) is 0.934. The molecule has 2 nitrogen and oxygen atoms in total. The Kier molecular flexibility index (Phi) is 3.17. The van der Waals surface area contributed by atoms with Crippen molar-refractivity contribution in [1.29, 1.82) is 0 Å². The standard InChI is InChI=1S/C12H19NO/c1-9-5-6-10(8-12(2,3)13)11(7-9)14-4/h5-7H,8,13H2,1-4H3. The van der Waals surface area contributed by atoms with Gasteiger partial charge in [0, 0.05) is 5.54 Å². The third kappa shape index (κ3) is 3.04. The molecule has 0 fully saturated rings. The van der Waals surface area contributed by atoms with E-state index < -0.39 is 0 Å². The molecular formula is C12H19NO. The summed E-state index contributed by atoms with van der Waals surface area (Å²) in [6, 6.07) is 6.22. The Balaban J connectivity index is 2.97. The number of rotatable bonds is 3. The van der Waals surface area contributed by atoms with Crippen molar-refractivity contribution in [1.82, 2.24) is 0 Å². The average Bonchev–Trinajstić information content (AvgIpc) is 2.06. The minimum absolute atomic E-state index is 0.192. The summed E-state index contributed by atoms with van der Waals surface area (Å²) in [5.41, 5.74) is 8.16. The molecule has 0 unspecified atom stereocenters. The molecule has 2 heteroatoms. The predicted octanol–water partition coefficient (Wildman–Crippen LogP) is 2.28. The quantitative estimate of drug-likeness (QED) is 0.799. The molecule has 0 aliphatic rings. The highest BCUT2D eigenvalue weighted by atomic mass is 16.5. The zero-order chi connectivity index (χ0) is 10.8. The number of nitrogens with two attached hydrogens (primary N) is 1. The van der Waals surface area contributed by atoms with E-state index in [9.17, 15) is 0 Å². The van der Waals surface area contributed by atoms with Crippen LogP contribution in [0.25, 0.3) is 0 Å². The molecule has 0 aliphatic carbocycles. The smallest absolute Gasteiger partial charge is 0.122 e. The summed E-state index contributed by atoms with van der Waals surface area (Å²) in [6.45, 7) is 6.10. The number of benzene rings is 1. The van der Waals surface area contributed by atoms with Gasteiger partial charge < -0.3 is 10.5 Å². The van der Waals surface area contributed by atoms with Gasteiger partial charge in [0.1, 0.15) is 5.75 Å². The van der Waals surface area contributed by atoms with Gasteiger partial charge in [0.25, 0.3) is 0 Å². The number of ether oxygens (including phenoxy) is 1. The fourth-order valence-electron chi connectivity index (χ4n) is 1.49. The molecular weight excluding hydrogens is 174 g/mol. The number of hydrogen-bond donors (Lipinski definition) is 1. The van der Waals surface area contributed by atoms with Crippen molar-refractivity contribution in [2.75, 3.05) is 7.11 Å². The highest BCUT2D eigenvalue weighted by Gasteiger charge is 2.14. The van der Waals surface area contributed by atoms with Gasteiger partial charge in [-0.15, -0.1) is 0 Å². The summed E-state index contributed by atoms with van der Waals surface area (Å²) < 4.78 is 5.32. The third-order valence-corrected chi connectivity index (χ3v) is 2.09. The maximum Gasteiger partial charge on any atom is 0.122 e. The van der Waals surface area contributed by atoms with E-state index in [4.69, 9.17) is 10.5 Å². The molecule has 14 heavy (non-hydrogen) atoms. The van der Waals surface area contributed by atoms with Crippen LogP contribution in [0, 0.1) is 6.92 Å². The van der Waals surface area contributed by atoms with Crippen LogP contribution in [0.15, 0.2) is 18.2 Å². The van der Waals surface area contributed by atoms with Crippen LogP contribution in [-0.4, -0.2) is 12.6 Å². The monoisotopic (exact) mass is 193 g/mol. The zero-order valence-electron chi connectivity index (χ0n) is 9.42. The largest absolute Gasteiger partial charge is 0.496 e. The predicted molar refractivity (Wildman–Crippen MR) is 59.7 cm³/mol. The van der Waals surface area contributed by atoms with E-state index in [0.717, 1.165) is 12.2 Å². The van der Waals surface area contributed by atoms with Crippen molar-refractivity contribution in [2.45, 2.75) is 32.7 Å². The van der Waals surface area contributed by atoms with Crippen molar-refractivity contribution < 1.29 is 4.74 Å².